The van der Waals surface area contributed by atoms with E-state index in [0.29, 0.717) is 4.88 Å². The summed E-state index contributed by atoms with van der Waals surface area (Å²) in [6.45, 7) is 5.92. The highest BCUT2D eigenvalue weighted by molar-refractivity contribution is 7.13. The van der Waals surface area contributed by atoms with Gasteiger partial charge >= 0.3 is 0 Å². The lowest BCUT2D eigenvalue weighted by molar-refractivity contribution is 0.103. The predicted molar refractivity (Wildman–Crippen MR) is 87.9 cm³/mol. The summed E-state index contributed by atoms with van der Waals surface area (Å²) in [6, 6.07) is 7.90. The number of nitrogens with zero attached hydrogens (tertiary/aromatic N) is 1. The van der Waals surface area contributed by atoms with E-state index in [-0.39, 0.29) is 5.91 Å². The first-order valence-electron chi connectivity index (χ1n) is 7.28. The third-order valence-corrected chi connectivity index (χ3v) is 4.06. The lowest BCUT2D eigenvalue weighted by Crippen LogP contribution is -2.13. The molecule has 5 heteroatoms. The van der Waals surface area contributed by atoms with Crippen molar-refractivity contribution in [3.05, 3.63) is 45.9 Å². The van der Waals surface area contributed by atoms with Crippen LogP contribution < -0.4 is 10.6 Å². The fourth-order valence-corrected chi connectivity index (χ4v) is 2.88. The maximum Gasteiger partial charge on any atom is 0.267 e. The van der Waals surface area contributed by atoms with E-state index in [1.54, 1.807) is 6.20 Å². The average Bonchev–Trinajstić information content (AvgIpc) is 2.95. The first-order chi connectivity index (χ1) is 10.2. The van der Waals surface area contributed by atoms with Crippen molar-refractivity contribution in [2.45, 2.75) is 33.2 Å². The zero-order valence-electron chi connectivity index (χ0n) is 12.5. The fourth-order valence-electron chi connectivity index (χ4n) is 1.97. The average molecular weight is 303 g/mol. The molecule has 2 rings (SSSR count). The first kappa shape index (κ1) is 15.7. The minimum atomic E-state index is -0.0875. The smallest absolute Gasteiger partial charge is 0.267 e. The lowest BCUT2D eigenvalue weighted by Gasteiger charge is -2.06. The second kappa shape index (κ2) is 7.90. The summed E-state index contributed by atoms with van der Waals surface area (Å²) in [7, 11) is 0. The van der Waals surface area contributed by atoms with Crippen LogP contribution in [0.2, 0.25) is 0 Å². The Morgan fingerprint density at radius 1 is 1.33 bits per heavy atom. The Hall–Kier alpha value is -1.72. The van der Waals surface area contributed by atoms with Crippen LogP contribution in [0.15, 0.2) is 30.5 Å². The van der Waals surface area contributed by atoms with E-state index >= 15 is 0 Å². The van der Waals surface area contributed by atoms with Gasteiger partial charge < -0.3 is 10.6 Å². The highest BCUT2D eigenvalue weighted by Crippen LogP contribution is 2.17. The van der Waals surface area contributed by atoms with E-state index in [1.807, 2.05) is 24.3 Å². The molecule has 1 aromatic heterocycles. The van der Waals surface area contributed by atoms with Gasteiger partial charge in [0.25, 0.3) is 5.91 Å². The van der Waals surface area contributed by atoms with Gasteiger partial charge in [0.2, 0.25) is 0 Å². The molecule has 0 saturated heterocycles. The number of hydrogen-bond acceptors (Lipinski definition) is 4. The van der Waals surface area contributed by atoms with Gasteiger partial charge in [-0.05, 0) is 37.1 Å². The molecule has 2 N–H and O–H groups in total. The van der Waals surface area contributed by atoms with Crippen molar-refractivity contribution < 1.29 is 4.79 Å². The summed E-state index contributed by atoms with van der Waals surface area (Å²) in [6.07, 6.45) is 3.63. The van der Waals surface area contributed by atoms with Crippen LogP contribution in [-0.2, 0) is 13.0 Å². The molecule has 2 aromatic rings. The van der Waals surface area contributed by atoms with Crippen LogP contribution in [0.3, 0.4) is 0 Å². The van der Waals surface area contributed by atoms with Crippen molar-refractivity contribution in [3.8, 4) is 0 Å². The van der Waals surface area contributed by atoms with Gasteiger partial charge in [-0.1, -0.05) is 26.0 Å². The van der Waals surface area contributed by atoms with Gasteiger partial charge in [0.15, 0.2) is 0 Å². The number of aromatic nitrogens is 1. The molecule has 1 aromatic carbocycles. The summed E-state index contributed by atoms with van der Waals surface area (Å²) in [5.41, 5.74) is 1.98. The molecule has 0 unspecified atom stereocenters. The van der Waals surface area contributed by atoms with Gasteiger partial charge in [-0.25, -0.2) is 4.98 Å². The number of carbonyl (C=O) groups is 1. The Bertz CT molecular complexity index is 595. The number of amides is 1. The van der Waals surface area contributed by atoms with Crippen molar-refractivity contribution >= 4 is 22.9 Å². The topological polar surface area (TPSA) is 54.0 Å². The molecular weight excluding hydrogens is 282 g/mol. The summed E-state index contributed by atoms with van der Waals surface area (Å²) in [4.78, 5) is 17.1. The van der Waals surface area contributed by atoms with Crippen LogP contribution in [-0.4, -0.2) is 17.4 Å². The van der Waals surface area contributed by atoms with Crippen molar-refractivity contribution in [3.63, 3.8) is 0 Å². The minimum Gasteiger partial charge on any atom is -0.321 e. The van der Waals surface area contributed by atoms with E-state index in [2.05, 4.69) is 29.5 Å². The number of carbonyl (C=O) groups excluding carboxylic acids is 1. The number of hydrogen-bond donors (Lipinski definition) is 2. The van der Waals surface area contributed by atoms with Crippen LogP contribution in [0.1, 0.15) is 40.5 Å². The van der Waals surface area contributed by atoms with E-state index in [9.17, 15) is 4.79 Å². The third-order valence-electron chi connectivity index (χ3n) is 3.01. The molecule has 0 aliphatic heterocycles. The molecular formula is C16H21N3OS. The predicted octanol–water partition coefficient (Wildman–Crippen LogP) is 3.46. The van der Waals surface area contributed by atoms with Crippen LogP contribution in [0.5, 0.6) is 0 Å². The molecule has 0 fully saturated rings. The van der Waals surface area contributed by atoms with E-state index in [1.165, 1.54) is 11.3 Å². The van der Waals surface area contributed by atoms with Crippen LogP contribution in [0, 0.1) is 0 Å². The summed E-state index contributed by atoms with van der Waals surface area (Å²) in [5.74, 6) is -0.0875. The van der Waals surface area contributed by atoms with Gasteiger partial charge in [-0.3, -0.25) is 4.79 Å². The number of benzene rings is 1. The second-order valence-electron chi connectivity index (χ2n) is 4.80. The van der Waals surface area contributed by atoms with Crippen LogP contribution in [0.25, 0.3) is 0 Å². The number of rotatable bonds is 7. The Balaban J connectivity index is 2.01. The Morgan fingerprint density at radius 3 is 2.95 bits per heavy atom. The largest absolute Gasteiger partial charge is 0.321 e. The monoisotopic (exact) mass is 303 g/mol. The quantitative estimate of drug-likeness (QED) is 0.823. The van der Waals surface area contributed by atoms with Gasteiger partial charge in [-0.15, -0.1) is 11.3 Å². The number of aryl methyl sites for hydroxylation is 1. The molecule has 21 heavy (non-hydrogen) atoms. The molecule has 112 valence electrons. The maximum atomic E-state index is 12.2. The Kier molecular flexibility index (Phi) is 5.90. The van der Waals surface area contributed by atoms with Gasteiger partial charge in [0.05, 0.1) is 11.2 Å². The highest BCUT2D eigenvalue weighted by Gasteiger charge is 2.10. The molecule has 0 aliphatic rings. The second-order valence-corrected chi connectivity index (χ2v) is 5.92. The van der Waals surface area contributed by atoms with Crippen molar-refractivity contribution in [2.75, 3.05) is 11.9 Å². The molecule has 0 bridgehead atoms. The highest BCUT2D eigenvalue weighted by atomic mass is 32.1. The van der Waals surface area contributed by atoms with Crippen molar-refractivity contribution in [1.82, 2.24) is 10.3 Å². The molecule has 4 nitrogen and oxygen atoms in total. The SMILES string of the molecule is CCCc1ncc(C(=O)Nc2cccc(CNCC)c2)s1. The zero-order valence-corrected chi connectivity index (χ0v) is 13.3. The van der Waals surface area contributed by atoms with E-state index in [0.717, 1.165) is 42.2 Å². The van der Waals surface area contributed by atoms with Crippen molar-refractivity contribution in [2.24, 2.45) is 0 Å². The van der Waals surface area contributed by atoms with Crippen LogP contribution in [0.4, 0.5) is 5.69 Å². The Morgan fingerprint density at radius 2 is 2.19 bits per heavy atom. The number of anilines is 1. The molecule has 0 aliphatic carbocycles. The zero-order chi connectivity index (χ0) is 15.1. The van der Waals surface area contributed by atoms with Crippen molar-refractivity contribution in [1.29, 1.82) is 0 Å². The van der Waals surface area contributed by atoms with Crippen LogP contribution >= 0.6 is 11.3 Å². The molecule has 0 atom stereocenters. The fraction of sp³-hybridized carbons (Fsp3) is 0.375. The first-order valence-corrected chi connectivity index (χ1v) is 8.10. The summed E-state index contributed by atoms with van der Waals surface area (Å²) < 4.78 is 0. The molecule has 0 spiro atoms. The standard InChI is InChI=1S/C16H21N3OS/c1-3-6-15-18-11-14(21-15)16(20)19-13-8-5-7-12(9-13)10-17-4-2/h5,7-9,11,17H,3-4,6,10H2,1-2H3,(H,19,20). The number of nitrogens with one attached hydrogen (secondary N) is 2. The molecule has 0 radical (unpaired) electrons. The van der Waals surface area contributed by atoms with E-state index in [4.69, 9.17) is 0 Å². The van der Waals surface area contributed by atoms with Gasteiger partial charge in [0.1, 0.15) is 4.88 Å². The maximum absolute atomic E-state index is 12.2. The van der Waals surface area contributed by atoms with E-state index < -0.39 is 0 Å². The summed E-state index contributed by atoms with van der Waals surface area (Å²) in [5, 5.41) is 7.22. The van der Waals surface area contributed by atoms with Gasteiger partial charge in [-0.2, -0.15) is 0 Å². The summed E-state index contributed by atoms with van der Waals surface area (Å²) >= 11 is 1.47. The number of thiazole rings is 1. The van der Waals surface area contributed by atoms with Gasteiger partial charge in [0, 0.05) is 12.2 Å². The normalized spacial score (nSPS) is 10.6. The molecule has 1 amide bonds. The molecule has 1 heterocycles. The third kappa shape index (κ3) is 4.65. The minimum absolute atomic E-state index is 0.0875. The Labute approximate surface area is 129 Å². The molecule has 0 saturated carbocycles. The lowest BCUT2D eigenvalue weighted by atomic mass is 10.2.